The number of amides is 1. The zero-order valence-corrected chi connectivity index (χ0v) is 14.0. The number of aromatic nitrogens is 1. The van der Waals surface area contributed by atoms with Crippen molar-refractivity contribution < 1.29 is 19.1 Å². The molecular weight excluding hydrogens is 316 g/mol. The molecule has 0 aliphatic carbocycles. The van der Waals surface area contributed by atoms with Crippen molar-refractivity contribution in [1.82, 2.24) is 10.3 Å². The molecule has 2 rings (SSSR count). The molecule has 2 aromatic rings. The van der Waals surface area contributed by atoms with Gasteiger partial charge in [0.25, 0.3) is 0 Å². The van der Waals surface area contributed by atoms with Crippen LogP contribution in [0.5, 0.6) is 5.75 Å². The SMILES string of the molecule is COC(=O)c1cc(CNC(=O)Cc2csc(C)n2)ccc1OC. The van der Waals surface area contributed by atoms with Crippen LogP contribution in [-0.4, -0.2) is 31.1 Å². The summed E-state index contributed by atoms with van der Waals surface area (Å²) in [5.41, 5.74) is 1.88. The molecule has 1 amide bonds. The van der Waals surface area contributed by atoms with E-state index in [2.05, 4.69) is 10.3 Å². The third kappa shape index (κ3) is 4.53. The summed E-state index contributed by atoms with van der Waals surface area (Å²) >= 11 is 1.52. The largest absolute Gasteiger partial charge is 0.496 e. The van der Waals surface area contributed by atoms with E-state index < -0.39 is 5.97 Å². The molecule has 0 atom stereocenters. The molecule has 23 heavy (non-hydrogen) atoms. The average molecular weight is 334 g/mol. The number of hydrogen-bond acceptors (Lipinski definition) is 6. The monoisotopic (exact) mass is 334 g/mol. The zero-order valence-electron chi connectivity index (χ0n) is 13.2. The molecular formula is C16H18N2O4S. The number of ether oxygens (including phenoxy) is 2. The lowest BCUT2D eigenvalue weighted by Crippen LogP contribution is -2.24. The highest BCUT2D eigenvalue weighted by Crippen LogP contribution is 2.20. The van der Waals surface area contributed by atoms with Crippen LogP contribution in [0.1, 0.15) is 26.6 Å². The topological polar surface area (TPSA) is 77.5 Å². The lowest BCUT2D eigenvalue weighted by atomic mass is 10.1. The van der Waals surface area contributed by atoms with Crippen molar-refractivity contribution in [3.05, 3.63) is 45.4 Å². The molecule has 0 aliphatic heterocycles. The van der Waals surface area contributed by atoms with Crippen LogP contribution in [0.15, 0.2) is 23.6 Å². The van der Waals surface area contributed by atoms with Gasteiger partial charge in [0.05, 0.1) is 31.3 Å². The minimum atomic E-state index is -0.479. The van der Waals surface area contributed by atoms with E-state index in [1.165, 1.54) is 25.6 Å². The number of benzene rings is 1. The number of thiazole rings is 1. The van der Waals surface area contributed by atoms with E-state index in [1.807, 2.05) is 12.3 Å². The lowest BCUT2D eigenvalue weighted by molar-refractivity contribution is -0.120. The Labute approximate surface area is 138 Å². The molecule has 1 aromatic carbocycles. The summed E-state index contributed by atoms with van der Waals surface area (Å²) in [5, 5.41) is 5.62. The molecule has 0 radical (unpaired) electrons. The fourth-order valence-electron chi connectivity index (χ4n) is 2.05. The first kappa shape index (κ1) is 17.0. The maximum atomic E-state index is 11.9. The van der Waals surface area contributed by atoms with E-state index in [4.69, 9.17) is 9.47 Å². The molecule has 1 N–H and O–H groups in total. The summed E-state index contributed by atoms with van der Waals surface area (Å²) in [4.78, 5) is 27.9. The van der Waals surface area contributed by atoms with Gasteiger partial charge in [0, 0.05) is 11.9 Å². The number of hydrogen-bond donors (Lipinski definition) is 1. The van der Waals surface area contributed by atoms with E-state index >= 15 is 0 Å². The Bertz CT molecular complexity index is 712. The highest BCUT2D eigenvalue weighted by Gasteiger charge is 2.14. The van der Waals surface area contributed by atoms with Crippen LogP contribution in [0.3, 0.4) is 0 Å². The molecule has 0 bridgehead atoms. The Morgan fingerprint density at radius 1 is 1.30 bits per heavy atom. The van der Waals surface area contributed by atoms with Gasteiger partial charge >= 0.3 is 5.97 Å². The number of methoxy groups -OCH3 is 2. The van der Waals surface area contributed by atoms with E-state index in [0.717, 1.165) is 16.3 Å². The molecule has 0 aliphatic rings. The van der Waals surface area contributed by atoms with Crippen molar-refractivity contribution in [2.45, 2.75) is 19.9 Å². The van der Waals surface area contributed by atoms with Crippen molar-refractivity contribution in [2.75, 3.05) is 14.2 Å². The standard InChI is InChI=1S/C16H18N2O4S/c1-10-18-12(9-23-10)7-15(19)17-8-11-4-5-14(21-2)13(6-11)16(20)22-3/h4-6,9H,7-8H2,1-3H3,(H,17,19). The lowest BCUT2D eigenvalue weighted by Gasteiger charge is -2.10. The first-order valence-corrected chi connectivity index (χ1v) is 7.84. The molecule has 0 saturated carbocycles. The third-order valence-electron chi connectivity index (χ3n) is 3.17. The Hall–Kier alpha value is -2.41. The summed E-state index contributed by atoms with van der Waals surface area (Å²) in [6.07, 6.45) is 0.240. The van der Waals surface area contributed by atoms with Crippen LogP contribution in [0.4, 0.5) is 0 Å². The van der Waals surface area contributed by atoms with Gasteiger partial charge in [0.1, 0.15) is 11.3 Å². The van der Waals surface area contributed by atoms with Crippen molar-refractivity contribution in [2.24, 2.45) is 0 Å². The van der Waals surface area contributed by atoms with Crippen molar-refractivity contribution >= 4 is 23.2 Å². The molecule has 0 fully saturated rings. The van der Waals surface area contributed by atoms with Crippen LogP contribution < -0.4 is 10.1 Å². The minimum absolute atomic E-state index is 0.120. The molecule has 0 spiro atoms. The summed E-state index contributed by atoms with van der Waals surface area (Å²) < 4.78 is 9.86. The van der Waals surface area contributed by atoms with Crippen LogP contribution in [0, 0.1) is 6.92 Å². The maximum absolute atomic E-state index is 11.9. The number of carbonyl (C=O) groups excluding carboxylic acids is 2. The number of rotatable bonds is 6. The second-order valence-electron chi connectivity index (χ2n) is 4.84. The summed E-state index contributed by atoms with van der Waals surface area (Å²) in [6.45, 7) is 2.22. The van der Waals surface area contributed by atoms with Crippen molar-refractivity contribution in [3.8, 4) is 5.75 Å². The van der Waals surface area contributed by atoms with E-state index in [1.54, 1.807) is 18.2 Å². The average Bonchev–Trinajstić information content (AvgIpc) is 2.96. The molecule has 1 aromatic heterocycles. The minimum Gasteiger partial charge on any atom is -0.496 e. The highest BCUT2D eigenvalue weighted by atomic mass is 32.1. The smallest absolute Gasteiger partial charge is 0.341 e. The van der Waals surface area contributed by atoms with E-state index in [0.29, 0.717) is 17.9 Å². The van der Waals surface area contributed by atoms with Crippen molar-refractivity contribution in [3.63, 3.8) is 0 Å². The van der Waals surface area contributed by atoms with Gasteiger partial charge in [-0.1, -0.05) is 6.07 Å². The van der Waals surface area contributed by atoms with Crippen LogP contribution >= 0.6 is 11.3 Å². The van der Waals surface area contributed by atoms with E-state index in [-0.39, 0.29) is 12.3 Å². The quantitative estimate of drug-likeness (QED) is 0.819. The normalized spacial score (nSPS) is 10.2. The van der Waals surface area contributed by atoms with Crippen LogP contribution in [-0.2, 0) is 22.5 Å². The van der Waals surface area contributed by atoms with Crippen LogP contribution in [0.25, 0.3) is 0 Å². The Kier molecular flexibility index (Phi) is 5.70. The Morgan fingerprint density at radius 3 is 2.70 bits per heavy atom. The first-order chi connectivity index (χ1) is 11.0. The second kappa shape index (κ2) is 7.73. The van der Waals surface area contributed by atoms with Gasteiger partial charge in [-0.2, -0.15) is 0 Å². The molecule has 122 valence electrons. The molecule has 0 saturated heterocycles. The van der Waals surface area contributed by atoms with Gasteiger partial charge in [-0.3, -0.25) is 4.79 Å². The number of aryl methyl sites for hydroxylation is 1. The zero-order chi connectivity index (χ0) is 16.8. The Morgan fingerprint density at radius 2 is 2.09 bits per heavy atom. The van der Waals surface area contributed by atoms with Crippen molar-refractivity contribution in [1.29, 1.82) is 0 Å². The number of carbonyl (C=O) groups is 2. The first-order valence-electron chi connectivity index (χ1n) is 6.96. The molecule has 7 heteroatoms. The highest BCUT2D eigenvalue weighted by molar-refractivity contribution is 7.09. The summed E-state index contributed by atoms with van der Waals surface area (Å²) in [7, 11) is 2.80. The van der Waals surface area contributed by atoms with Gasteiger partial charge in [-0.15, -0.1) is 11.3 Å². The molecule has 0 unspecified atom stereocenters. The summed E-state index contributed by atoms with van der Waals surface area (Å²) in [5.74, 6) is -0.163. The second-order valence-corrected chi connectivity index (χ2v) is 5.90. The van der Waals surface area contributed by atoms with Gasteiger partial charge < -0.3 is 14.8 Å². The van der Waals surface area contributed by atoms with E-state index in [9.17, 15) is 9.59 Å². The molecule has 6 nitrogen and oxygen atoms in total. The van der Waals surface area contributed by atoms with Gasteiger partial charge in [-0.25, -0.2) is 9.78 Å². The number of esters is 1. The van der Waals surface area contributed by atoms with Crippen LogP contribution in [0.2, 0.25) is 0 Å². The predicted molar refractivity (Wildman–Crippen MR) is 86.7 cm³/mol. The predicted octanol–water partition coefficient (Wildman–Crippen LogP) is 2.11. The fourth-order valence-corrected chi connectivity index (χ4v) is 2.66. The third-order valence-corrected chi connectivity index (χ3v) is 3.99. The molecule has 1 heterocycles. The maximum Gasteiger partial charge on any atom is 0.341 e. The van der Waals surface area contributed by atoms with Gasteiger partial charge in [0.2, 0.25) is 5.91 Å². The number of nitrogens with one attached hydrogen (secondary N) is 1. The van der Waals surface area contributed by atoms with Gasteiger partial charge in [0.15, 0.2) is 0 Å². The summed E-state index contributed by atoms with van der Waals surface area (Å²) in [6, 6.07) is 5.12. The fraction of sp³-hybridized carbons (Fsp3) is 0.312. The van der Waals surface area contributed by atoms with Gasteiger partial charge in [-0.05, 0) is 24.6 Å². The number of nitrogens with zero attached hydrogens (tertiary/aromatic N) is 1. The Balaban J connectivity index is 1.99.